The largest absolute Gasteiger partial charge is 0.300 e. The molecule has 0 unspecified atom stereocenters. The zero-order valence-corrected chi connectivity index (χ0v) is 13.0. The molecule has 3 rings (SSSR count). The van der Waals surface area contributed by atoms with Gasteiger partial charge in [-0.2, -0.15) is 0 Å². The number of nitrogens with zero attached hydrogens (tertiary/aromatic N) is 2. The molecule has 110 valence electrons. The van der Waals surface area contributed by atoms with Crippen molar-refractivity contribution >= 4 is 0 Å². The molecule has 2 atom stereocenters. The van der Waals surface area contributed by atoms with Crippen LogP contribution in [0.1, 0.15) is 44.6 Å². The van der Waals surface area contributed by atoms with Crippen LogP contribution in [0.2, 0.25) is 0 Å². The van der Waals surface area contributed by atoms with Gasteiger partial charge in [0.15, 0.2) is 0 Å². The summed E-state index contributed by atoms with van der Waals surface area (Å²) in [6.07, 6.45) is 6.96. The lowest BCUT2D eigenvalue weighted by Gasteiger charge is -2.46. The van der Waals surface area contributed by atoms with Gasteiger partial charge in [0.25, 0.3) is 0 Å². The molecule has 1 aromatic carbocycles. The Morgan fingerprint density at radius 1 is 1.10 bits per heavy atom. The molecule has 0 aromatic heterocycles. The molecule has 1 heterocycles. The van der Waals surface area contributed by atoms with Gasteiger partial charge in [0, 0.05) is 31.2 Å². The minimum Gasteiger partial charge on any atom is -0.300 e. The summed E-state index contributed by atoms with van der Waals surface area (Å²) in [7, 11) is 2.36. The summed E-state index contributed by atoms with van der Waals surface area (Å²) in [4.78, 5) is 5.33. The first-order valence-electron chi connectivity index (χ1n) is 8.24. The SMILES string of the molecule is C[C@H]1C[C@@H](N(C)C2CCC2)CCN1Cc1ccccc1. The molecular formula is C18H28N2. The number of piperidine rings is 1. The van der Waals surface area contributed by atoms with Crippen LogP contribution in [-0.2, 0) is 6.54 Å². The standard InChI is InChI=1S/C18H28N2/c1-15-13-18(19(2)17-9-6-10-17)11-12-20(15)14-16-7-4-3-5-8-16/h3-5,7-8,15,17-18H,6,9-14H2,1-2H3/t15-,18-/m0/s1. The monoisotopic (exact) mass is 272 g/mol. The van der Waals surface area contributed by atoms with Gasteiger partial charge in [0.05, 0.1) is 0 Å². The molecule has 0 spiro atoms. The maximum absolute atomic E-state index is 2.68. The Morgan fingerprint density at radius 2 is 1.85 bits per heavy atom. The Kier molecular flexibility index (Phi) is 4.42. The molecular weight excluding hydrogens is 244 g/mol. The van der Waals surface area contributed by atoms with Gasteiger partial charge < -0.3 is 4.90 Å². The van der Waals surface area contributed by atoms with Crippen molar-refractivity contribution in [3.05, 3.63) is 35.9 Å². The highest BCUT2D eigenvalue weighted by atomic mass is 15.2. The van der Waals surface area contributed by atoms with Crippen molar-refractivity contribution < 1.29 is 0 Å². The maximum Gasteiger partial charge on any atom is 0.0236 e. The van der Waals surface area contributed by atoms with Crippen LogP contribution in [0.15, 0.2) is 30.3 Å². The van der Waals surface area contributed by atoms with E-state index in [1.54, 1.807) is 0 Å². The summed E-state index contributed by atoms with van der Waals surface area (Å²) >= 11 is 0. The van der Waals surface area contributed by atoms with Crippen LogP contribution in [-0.4, -0.2) is 41.5 Å². The average Bonchev–Trinajstić information content (AvgIpc) is 2.40. The fourth-order valence-corrected chi connectivity index (χ4v) is 3.71. The Hall–Kier alpha value is -0.860. The smallest absolute Gasteiger partial charge is 0.0236 e. The minimum atomic E-state index is 0.705. The molecule has 0 bridgehead atoms. The third kappa shape index (κ3) is 3.07. The van der Waals surface area contributed by atoms with E-state index < -0.39 is 0 Å². The second-order valence-corrected chi connectivity index (χ2v) is 6.73. The van der Waals surface area contributed by atoms with Crippen LogP contribution in [0.5, 0.6) is 0 Å². The van der Waals surface area contributed by atoms with Crippen LogP contribution in [0.3, 0.4) is 0 Å². The molecule has 2 nitrogen and oxygen atoms in total. The van der Waals surface area contributed by atoms with E-state index in [2.05, 4.69) is 54.1 Å². The van der Waals surface area contributed by atoms with E-state index in [1.807, 2.05) is 0 Å². The van der Waals surface area contributed by atoms with E-state index in [9.17, 15) is 0 Å². The summed E-state index contributed by atoms with van der Waals surface area (Å²) in [6.45, 7) is 4.77. The van der Waals surface area contributed by atoms with E-state index in [1.165, 1.54) is 44.2 Å². The molecule has 1 aliphatic carbocycles. The third-order valence-corrected chi connectivity index (χ3v) is 5.44. The molecule has 20 heavy (non-hydrogen) atoms. The second kappa shape index (κ2) is 6.28. The molecule has 1 saturated carbocycles. The lowest BCUT2D eigenvalue weighted by Crippen LogP contribution is -2.51. The zero-order valence-electron chi connectivity index (χ0n) is 13.0. The predicted molar refractivity (Wildman–Crippen MR) is 84.7 cm³/mol. The number of likely N-dealkylation sites (tertiary alicyclic amines) is 1. The number of hydrogen-bond acceptors (Lipinski definition) is 2. The minimum absolute atomic E-state index is 0.705. The van der Waals surface area contributed by atoms with Gasteiger partial charge in [0.1, 0.15) is 0 Å². The van der Waals surface area contributed by atoms with E-state index in [4.69, 9.17) is 0 Å². The first-order chi connectivity index (χ1) is 9.74. The van der Waals surface area contributed by atoms with Crippen molar-refractivity contribution in [2.75, 3.05) is 13.6 Å². The molecule has 2 aliphatic rings. The lowest BCUT2D eigenvalue weighted by atomic mass is 9.88. The number of hydrogen-bond donors (Lipinski definition) is 0. The predicted octanol–water partition coefficient (Wildman–Crippen LogP) is 3.52. The summed E-state index contributed by atoms with van der Waals surface area (Å²) in [5.41, 5.74) is 1.45. The van der Waals surface area contributed by atoms with Crippen LogP contribution in [0.4, 0.5) is 0 Å². The van der Waals surface area contributed by atoms with Gasteiger partial charge in [-0.15, -0.1) is 0 Å². The average molecular weight is 272 g/mol. The summed E-state index contributed by atoms with van der Waals surface area (Å²) in [5, 5.41) is 0. The van der Waals surface area contributed by atoms with Crippen molar-refractivity contribution in [2.45, 2.75) is 63.7 Å². The van der Waals surface area contributed by atoms with Gasteiger partial charge in [-0.3, -0.25) is 4.90 Å². The van der Waals surface area contributed by atoms with Gasteiger partial charge >= 0.3 is 0 Å². The summed E-state index contributed by atoms with van der Waals surface area (Å²) in [5.74, 6) is 0. The molecule has 0 N–H and O–H groups in total. The first kappa shape index (κ1) is 14.1. The Morgan fingerprint density at radius 3 is 2.45 bits per heavy atom. The quantitative estimate of drug-likeness (QED) is 0.827. The van der Waals surface area contributed by atoms with Crippen LogP contribution in [0.25, 0.3) is 0 Å². The highest BCUT2D eigenvalue weighted by molar-refractivity contribution is 5.14. The molecule has 1 aromatic rings. The Bertz CT molecular complexity index is 413. The van der Waals surface area contributed by atoms with Crippen molar-refractivity contribution in [3.8, 4) is 0 Å². The molecule has 0 amide bonds. The van der Waals surface area contributed by atoms with E-state index in [0.29, 0.717) is 6.04 Å². The van der Waals surface area contributed by atoms with Crippen molar-refractivity contribution in [3.63, 3.8) is 0 Å². The van der Waals surface area contributed by atoms with Gasteiger partial charge in [-0.25, -0.2) is 0 Å². The van der Waals surface area contributed by atoms with E-state index >= 15 is 0 Å². The number of benzene rings is 1. The summed E-state index contributed by atoms with van der Waals surface area (Å²) in [6, 6.07) is 13.3. The van der Waals surface area contributed by atoms with Crippen LogP contribution >= 0.6 is 0 Å². The van der Waals surface area contributed by atoms with Gasteiger partial charge in [0.2, 0.25) is 0 Å². The second-order valence-electron chi connectivity index (χ2n) is 6.73. The third-order valence-electron chi connectivity index (χ3n) is 5.44. The Balaban J connectivity index is 1.54. The molecule has 2 heteroatoms. The van der Waals surface area contributed by atoms with E-state index in [0.717, 1.165) is 18.6 Å². The maximum atomic E-state index is 2.68. The normalized spacial score (nSPS) is 28.6. The highest BCUT2D eigenvalue weighted by Gasteiger charge is 2.32. The molecule has 2 fully saturated rings. The van der Waals surface area contributed by atoms with Gasteiger partial charge in [-0.05, 0) is 45.2 Å². The molecule has 1 aliphatic heterocycles. The van der Waals surface area contributed by atoms with Crippen molar-refractivity contribution in [2.24, 2.45) is 0 Å². The molecule has 0 radical (unpaired) electrons. The first-order valence-corrected chi connectivity index (χ1v) is 8.24. The fraction of sp³-hybridized carbons (Fsp3) is 0.667. The Labute approximate surface area is 123 Å². The van der Waals surface area contributed by atoms with Crippen LogP contribution in [0, 0.1) is 0 Å². The lowest BCUT2D eigenvalue weighted by molar-refractivity contribution is 0.0375. The topological polar surface area (TPSA) is 6.48 Å². The molecule has 1 saturated heterocycles. The van der Waals surface area contributed by atoms with E-state index in [-0.39, 0.29) is 0 Å². The van der Waals surface area contributed by atoms with Crippen molar-refractivity contribution in [1.82, 2.24) is 9.80 Å². The number of rotatable bonds is 4. The summed E-state index contributed by atoms with van der Waals surface area (Å²) < 4.78 is 0. The van der Waals surface area contributed by atoms with Gasteiger partial charge in [-0.1, -0.05) is 36.8 Å². The fourth-order valence-electron chi connectivity index (χ4n) is 3.71. The highest BCUT2D eigenvalue weighted by Crippen LogP contribution is 2.30. The zero-order chi connectivity index (χ0) is 13.9. The van der Waals surface area contributed by atoms with Crippen molar-refractivity contribution in [1.29, 1.82) is 0 Å². The van der Waals surface area contributed by atoms with Crippen LogP contribution < -0.4 is 0 Å².